The molecule has 0 saturated carbocycles. The Balaban J connectivity index is 2.42. The molecule has 0 aliphatic heterocycles. The van der Waals surface area contributed by atoms with Gasteiger partial charge in [-0.25, -0.2) is 15.4 Å². The van der Waals surface area contributed by atoms with E-state index in [-0.39, 0.29) is 6.04 Å². The van der Waals surface area contributed by atoms with E-state index in [1.54, 1.807) is 12.4 Å². The van der Waals surface area contributed by atoms with E-state index in [0.29, 0.717) is 0 Å². The number of nitrogens with one attached hydrogen (secondary N) is 1. The smallest absolute Gasteiger partial charge is 0.115 e. The molecular formula is C13H16N4. The molecule has 1 heterocycles. The number of aryl methyl sites for hydroxylation is 1. The zero-order valence-electron chi connectivity index (χ0n) is 9.80. The second-order valence-corrected chi connectivity index (χ2v) is 3.82. The van der Waals surface area contributed by atoms with Gasteiger partial charge in [-0.2, -0.15) is 0 Å². The highest BCUT2D eigenvalue weighted by Crippen LogP contribution is 2.23. The summed E-state index contributed by atoms with van der Waals surface area (Å²) in [6, 6.07) is 8.19. The first kappa shape index (κ1) is 11.7. The zero-order valence-corrected chi connectivity index (χ0v) is 9.80. The molecule has 1 atom stereocenters. The predicted octanol–water partition coefficient (Wildman–Crippen LogP) is 1.59. The zero-order chi connectivity index (χ0) is 12.1. The van der Waals surface area contributed by atoms with Gasteiger partial charge in [-0.1, -0.05) is 31.2 Å². The summed E-state index contributed by atoms with van der Waals surface area (Å²) in [6.45, 7) is 2.13. The third-order valence-corrected chi connectivity index (χ3v) is 2.83. The number of nitrogens with two attached hydrogens (primary N) is 1. The van der Waals surface area contributed by atoms with Gasteiger partial charge in [0.15, 0.2) is 0 Å². The summed E-state index contributed by atoms with van der Waals surface area (Å²) in [5, 5.41) is 0. The van der Waals surface area contributed by atoms with Gasteiger partial charge in [0.25, 0.3) is 0 Å². The van der Waals surface area contributed by atoms with E-state index in [1.807, 2.05) is 12.1 Å². The molecule has 0 aliphatic carbocycles. The van der Waals surface area contributed by atoms with Crippen molar-refractivity contribution in [2.75, 3.05) is 0 Å². The minimum Gasteiger partial charge on any atom is -0.271 e. The van der Waals surface area contributed by atoms with Gasteiger partial charge in [0, 0.05) is 18.0 Å². The standard InChI is InChI=1S/C13H16N4/c1-2-10-5-3-4-6-12(10)13(17-14)11-7-15-9-16-8-11/h3-9,13,17H,2,14H2,1H3. The molecule has 17 heavy (non-hydrogen) atoms. The first-order valence-corrected chi connectivity index (χ1v) is 5.65. The number of hydrogen-bond donors (Lipinski definition) is 2. The van der Waals surface area contributed by atoms with Crippen LogP contribution in [0, 0.1) is 0 Å². The van der Waals surface area contributed by atoms with Crippen LogP contribution in [0.2, 0.25) is 0 Å². The highest BCUT2D eigenvalue weighted by atomic mass is 15.2. The normalized spacial score (nSPS) is 12.4. The number of aromatic nitrogens is 2. The largest absolute Gasteiger partial charge is 0.271 e. The van der Waals surface area contributed by atoms with Crippen molar-refractivity contribution in [2.24, 2.45) is 5.84 Å². The average Bonchev–Trinajstić information content (AvgIpc) is 2.41. The molecule has 0 spiro atoms. The SMILES string of the molecule is CCc1ccccc1C(NN)c1cncnc1. The summed E-state index contributed by atoms with van der Waals surface area (Å²) in [7, 11) is 0. The van der Waals surface area contributed by atoms with Gasteiger partial charge in [-0.3, -0.25) is 5.84 Å². The van der Waals surface area contributed by atoms with Crippen LogP contribution in [0.5, 0.6) is 0 Å². The predicted molar refractivity (Wildman–Crippen MR) is 67.0 cm³/mol. The highest BCUT2D eigenvalue weighted by Gasteiger charge is 2.15. The van der Waals surface area contributed by atoms with Crippen molar-refractivity contribution in [3.8, 4) is 0 Å². The Bertz CT molecular complexity index is 470. The molecule has 0 bridgehead atoms. The van der Waals surface area contributed by atoms with Gasteiger partial charge in [-0.15, -0.1) is 0 Å². The number of hydrogen-bond acceptors (Lipinski definition) is 4. The van der Waals surface area contributed by atoms with Crippen LogP contribution in [-0.2, 0) is 6.42 Å². The van der Waals surface area contributed by atoms with E-state index in [2.05, 4.69) is 34.5 Å². The van der Waals surface area contributed by atoms with Crippen molar-refractivity contribution in [1.82, 2.24) is 15.4 Å². The Hall–Kier alpha value is -1.78. The molecule has 3 N–H and O–H groups in total. The van der Waals surface area contributed by atoms with Crippen LogP contribution in [0.15, 0.2) is 43.0 Å². The molecule has 0 fully saturated rings. The van der Waals surface area contributed by atoms with Gasteiger partial charge in [0.2, 0.25) is 0 Å². The van der Waals surface area contributed by atoms with E-state index in [4.69, 9.17) is 5.84 Å². The van der Waals surface area contributed by atoms with Gasteiger partial charge < -0.3 is 0 Å². The van der Waals surface area contributed by atoms with E-state index in [1.165, 1.54) is 17.5 Å². The number of nitrogens with zero attached hydrogens (tertiary/aromatic N) is 2. The maximum absolute atomic E-state index is 5.65. The van der Waals surface area contributed by atoms with Gasteiger partial charge in [0.1, 0.15) is 6.33 Å². The molecule has 0 aliphatic rings. The Labute approximate surface area is 101 Å². The quantitative estimate of drug-likeness (QED) is 0.616. The van der Waals surface area contributed by atoms with Crippen molar-refractivity contribution in [1.29, 1.82) is 0 Å². The molecule has 0 radical (unpaired) electrons. The van der Waals surface area contributed by atoms with Gasteiger partial charge in [-0.05, 0) is 17.5 Å². The van der Waals surface area contributed by atoms with Crippen LogP contribution in [0.25, 0.3) is 0 Å². The number of rotatable bonds is 4. The maximum Gasteiger partial charge on any atom is 0.115 e. The van der Waals surface area contributed by atoms with Crippen molar-refractivity contribution in [2.45, 2.75) is 19.4 Å². The van der Waals surface area contributed by atoms with Crippen molar-refractivity contribution in [3.63, 3.8) is 0 Å². The Morgan fingerprint density at radius 2 is 1.94 bits per heavy atom. The Kier molecular flexibility index (Phi) is 3.80. The summed E-state index contributed by atoms with van der Waals surface area (Å²) in [6.07, 6.45) is 6.05. The van der Waals surface area contributed by atoms with Crippen LogP contribution in [0.3, 0.4) is 0 Å². The lowest BCUT2D eigenvalue weighted by Crippen LogP contribution is -2.29. The molecule has 1 aromatic heterocycles. The Morgan fingerprint density at radius 1 is 1.24 bits per heavy atom. The van der Waals surface area contributed by atoms with E-state index >= 15 is 0 Å². The molecule has 0 saturated heterocycles. The van der Waals surface area contributed by atoms with Crippen molar-refractivity contribution >= 4 is 0 Å². The van der Waals surface area contributed by atoms with Crippen LogP contribution in [-0.4, -0.2) is 9.97 Å². The fourth-order valence-corrected chi connectivity index (χ4v) is 1.96. The number of benzene rings is 1. The van der Waals surface area contributed by atoms with Crippen LogP contribution in [0.4, 0.5) is 0 Å². The molecule has 88 valence electrons. The van der Waals surface area contributed by atoms with Crippen molar-refractivity contribution < 1.29 is 0 Å². The lowest BCUT2D eigenvalue weighted by molar-refractivity contribution is 0.626. The van der Waals surface area contributed by atoms with Crippen LogP contribution >= 0.6 is 0 Å². The third-order valence-electron chi connectivity index (χ3n) is 2.83. The highest BCUT2D eigenvalue weighted by molar-refractivity contribution is 5.35. The fraction of sp³-hybridized carbons (Fsp3) is 0.231. The molecular weight excluding hydrogens is 212 g/mol. The van der Waals surface area contributed by atoms with Gasteiger partial charge in [0.05, 0.1) is 6.04 Å². The second kappa shape index (κ2) is 5.52. The summed E-state index contributed by atoms with van der Waals surface area (Å²) in [4.78, 5) is 8.06. The first-order valence-electron chi connectivity index (χ1n) is 5.65. The summed E-state index contributed by atoms with van der Waals surface area (Å²) >= 11 is 0. The molecule has 1 aromatic carbocycles. The fourth-order valence-electron chi connectivity index (χ4n) is 1.96. The minimum absolute atomic E-state index is 0.0626. The molecule has 2 aromatic rings. The Morgan fingerprint density at radius 3 is 2.59 bits per heavy atom. The molecule has 0 amide bonds. The molecule has 1 unspecified atom stereocenters. The van der Waals surface area contributed by atoms with Crippen LogP contribution < -0.4 is 11.3 Å². The lowest BCUT2D eigenvalue weighted by Gasteiger charge is -2.19. The summed E-state index contributed by atoms with van der Waals surface area (Å²) < 4.78 is 0. The van der Waals surface area contributed by atoms with E-state index < -0.39 is 0 Å². The second-order valence-electron chi connectivity index (χ2n) is 3.82. The average molecular weight is 228 g/mol. The minimum atomic E-state index is -0.0626. The summed E-state index contributed by atoms with van der Waals surface area (Å²) in [5.74, 6) is 5.65. The lowest BCUT2D eigenvalue weighted by atomic mass is 9.95. The molecule has 4 heteroatoms. The first-order chi connectivity index (χ1) is 8.36. The van der Waals surface area contributed by atoms with Gasteiger partial charge >= 0.3 is 0 Å². The summed E-state index contributed by atoms with van der Waals surface area (Å²) in [5.41, 5.74) is 6.25. The maximum atomic E-state index is 5.65. The molecule has 4 nitrogen and oxygen atoms in total. The van der Waals surface area contributed by atoms with E-state index in [9.17, 15) is 0 Å². The topological polar surface area (TPSA) is 63.8 Å². The molecule has 2 rings (SSSR count). The van der Waals surface area contributed by atoms with Crippen molar-refractivity contribution in [3.05, 3.63) is 59.7 Å². The monoisotopic (exact) mass is 228 g/mol. The van der Waals surface area contributed by atoms with E-state index in [0.717, 1.165) is 12.0 Å². The third kappa shape index (κ3) is 2.49. The number of hydrazine groups is 1. The van der Waals surface area contributed by atoms with Crippen LogP contribution in [0.1, 0.15) is 29.7 Å².